The van der Waals surface area contributed by atoms with E-state index < -0.39 is 0 Å². The minimum atomic E-state index is -0.315. The highest BCUT2D eigenvalue weighted by Gasteiger charge is 2.51. The Morgan fingerprint density at radius 2 is 1.64 bits per heavy atom. The quantitative estimate of drug-likeness (QED) is 0.818. The Morgan fingerprint density at radius 1 is 1.05 bits per heavy atom. The largest absolute Gasteiger partial charge is 0.494 e. The Hall–Kier alpha value is -1.59. The number of hydrogen-bond acceptors (Lipinski definition) is 3. The number of nitrogens with zero attached hydrogens (tertiary/aromatic N) is 2. The van der Waals surface area contributed by atoms with Gasteiger partial charge in [0.2, 0.25) is 0 Å². The number of aromatic nitrogens is 2. The van der Waals surface area contributed by atoms with Gasteiger partial charge in [-0.15, -0.1) is 0 Å². The molecule has 2 heterocycles. The molecule has 0 spiro atoms. The molecule has 0 unspecified atom stereocenters. The second kappa shape index (κ2) is 5.25. The lowest BCUT2D eigenvalue weighted by Crippen LogP contribution is -2.41. The molecule has 0 N–H and O–H groups in total. The monoisotopic (exact) mass is 298 g/mol. The summed E-state index contributed by atoms with van der Waals surface area (Å²) in [7, 11) is -0.315. The van der Waals surface area contributed by atoms with E-state index in [-0.39, 0.29) is 18.3 Å². The van der Waals surface area contributed by atoms with E-state index in [1.54, 1.807) is 0 Å². The zero-order valence-corrected chi connectivity index (χ0v) is 14.0. The van der Waals surface area contributed by atoms with E-state index in [2.05, 4.69) is 68.4 Å². The maximum atomic E-state index is 6.08. The summed E-state index contributed by atoms with van der Waals surface area (Å²) in [5, 5.41) is 0. The minimum Gasteiger partial charge on any atom is -0.399 e. The molecule has 116 valence electrons. The van der Waals surface area contributed by atoms with Gasteiger partial charge >= 0.3 is 7.12 Å². The van der Waals surface area contributed by atoms with Crippen molar-refractivity contribution in [3.63, 3.8) is 0 Å². The molecule has 0 radical (unpaired) electrons. The fraction of sp³-hybridized carbons (Fsp3) is 0.471. The van der Waals surface area contributed by atoms with Gasteiger partial charge in [-0.1, -0.05) is 24.3 Å². The van der Waals surface area contributed by atoms with Crippen molar-refractivity contribution in [3.8, 4) is 11.4 Å². The van der Waals surface area contributed by atoms with Crippen molar-refractivity contribution in [1.29, 1.82) is 0 Å². The van der Waals surface area contributed by atoms with E-state index in [4.69, 9.17) is 9.31 Å². The highest BCUT2D eigenvalue weighted by atomic mass is 16.7. The zero-order valence-electron chi connectivity index (χ0n) is 14.0. The maximum absolute atomic E-state index is 6.08. The highest BCUT2D eigenvalue weighted by molar-refractivity contribution is 6.62. The van der Waals surface area contributed by atoms with Gasteiger partial charge in [0, 0.05) is 24.5 Å². The van der Waals surface area contributed by atoms with Crippen molar-refractivity contribution in [3.05, 3.63) is 36.7 Å². The molecular formula is C17H23BN2O2. The van der Waals surface area contributed by atoms with E-state index in [0.717, 1.165) is 23.4 Å². The maximum Gasteiger partial charge on any atom is 0.494 e. The summed E-state index contributed by atoms with van der Waals surface area (Å²) in [5.74, 6) is 0.989. The summed E-state index contributed by atoms with van der Waals surface area (Å²) < 4.78 is 14.3. The third kappa shape index (κ3) is 2.48. The van der Waals surface area contributed by atoms with Gasteiger partial charge in [0.25, 0.3) is 0 Å². The summed E-state index contributed by atoms with van der Waals surface area (Å²) in [5.41, 5.74) is 1.52. The summed E-state index contributed by atoms with van der Waals surface area (Å²) in [4.78, 5) is 4.43. The van der Waals surface area contributed by atoms with Crippen LogP contribution in [0.15, 0.2) is 36.7 Å². The van der Waals surface area contributed by atoms with Crippen LogP contribution < -0.4 is 5.46 Å². The normalized spacial score (nSPS) is 19.6. The molecule has 3 rings (SSSR count). The predicted molar refractivity (Wildman–Crippen MR) is 89.1 cm³/mol. The van der Waals surface area contributed by atoms with Gasteiger partial charge in [-0.05, 0) is 40.1 Å². The summed E-state index contributed by atoms with van der Waals surface area (Å²) in [6.07, 6.45) is 3.83. The van der Waals surface area contributed by atoms with Crippen LogP contribution in [0, 0.1) is 0 Å². The molecule has 1 saturated heterocycles. The van der Waals surface area contributed by atoms with E-state index >= 15 is 0 Å². The van der Waals surface area contributed by atoms with Crippen molar-refractivity contribution < 1.29 is 9.31 Å². The number of aryl methyl sites for hydroxylation is 1. The molecule has 0 bridgehead atoms. The van der Waals surface area contributed by atoms with E-state index in [1.165, 1.54) is 0 Å². The average Bonchev–Trinajstić information content (AvgIpc) is 3.02. The fourth-order valence-electron chi connectivity index (χ4n) is 2.59. The fourth-order valence-corrected chi connectivity index (χ4v) is 2.59. The van der Waals surface area contributed by atoms with Crippen LogP contribution in [0.2, 0.25) is 0 Å². The Morgan fingerprint density at radius 3 is 2.18 bits per heavy atom. The van der Waals surface area contributed by atoms with Crippen LogP contribution in [0.1, 0.15) is 34.6 Å². The van der Waals surface area contributed by atoms with Crippen LogP contribution in [0.25, 0.3) is 11.4 Å². The molecule has 0 saturated carbocycles. The summed E-state index contributed by atoms with van der Waals surface area (Å²) in [6.45, 7) is 11.3. The van der Waals surface area contributed by atoms with E-state index in [9.17, 15) is 0 Å². The van der Waals surface area contributed by atoms with Gasteiger partial charge in [0.05, 0.1) is 11.2 Å². The molecule has 1 aromatic heterocycles. The average molecular weight is 298 g/mol. The smallest absolute Gasteiger partial charge is 0.399 e. The summed E-state index contributed by atoms with van der Waals surface area (Å²) >= 11 is 0. The van der Waals surface area contributed by atoms with Gasteiger partial charge in [0.1, 0.15) is 5.82 Å². The standard InChI is InChI=1S/C17H23BN2O2/c1-6-20-12-11-19-15(20)13-7-9-14(10-8-13)18-21-16(2,3)17(4,5)22-18/h7-12H,6H2,1-5H3. The van der Waals surface area contributed by atoms with Crippen LogP contribution in [-0.2, 0) is 15.9 Å². The highest BCUT2D eigenvalue weighted by Crippen LogP contribution is 2.36. The first kappa shape index (κ1) is 15.3. The molecule has 4 nitrogen and oxygen atoms in total. The molecular weight excluding hydrogens is 275 g/mol. The molecule has 0 atom stereocenters. The summed E-state index contributed by atoms with van der Waals surface area (Å²) in [6, 6.07) is 8.28. The van der Waals surface area contributed by atoms with Gasteiger partial charge < -0.3 is 13.9 Å². The molecule has 1 aromatic carbocycles. The Labute approximate surface area is 132 Å². The molecule has 2 aromatic rings. The van der Waals surface area contributed by atoms with Gasteiger partial charge in [-0.3, -0.25) is 0 Å². The molecule has 1 aliphatic rings. The number of hydrogen-bond donors (Lipinski definition) is 0. The van der Waals surface area contributed by atoms with Crippen molar-refractivity contribution in [2.24, 2.45) is 0 Å². The van der Waals surface area contributed by atoms with Crippen LogP contribution >= 0.6 is 0 Å². The SMILES string of the molecule is CCn1ccnc1-c1ccc(B2OC(C)(C)C(C)(C)O2)cc1. The van der Waals surface area contributed by atoms with E-state index in [0.29, 0.717) is 0 Å². The van der Waals surface area contributed by atoms with Crippen molar-refractivity contribution >= 4 is 12.6 Å². The Bertz CT molecular complexity index is 646. The minimum absolute atomic E-state index is 0.311. The number of rotatable bonds is 3. The molecule has 0 amide bonds. The van der Waals surface area contributed by atoms with Crippen LogP contribution in [-0.4, -0.2) is 27.9 Å². The zero-order chi connectivity index (χ0) is 16.0. The first-order chi connectivity index (χ1) is 10.3. The topological polar surface area (TPSA) is 36.3 Å². The van der Waals surface area contributed by atoms with Gasteiger partial charge in [0.15, 0.2) is 0 Å². The lowest BCUT2D eigenvalue weighted by Gasteiger charge is -2.32. The molecule has 22 heavy (non-hydrogen) atoms. The van der Waals surface area contributed by atoms with E-state index in [1.807, 2.05) is 12.4 Å². The van der Waals surface area contributed by atoms with Gasteiger partial charge in [-0.2, -0.15) is 0 Å². The first-order valence-electron chi connectivity index (χ1n) is 7.81. The molecule has 1 aliphatic heterocycles. The molecule has 0 aliphatic carbocycles. The molecule has 1 fully saturated rings. The van der Waals surface area contributed by atoms with Gasteiger partial charge in [-0.25, -0.2) is 4.98 Å². The number of benzene rings is 1. The molecule has 5 heteroatoms. The Kier molecular flexibility index (Phi) is 3.65. The van der Waals surface area contributed by atoms with Crippen LogP contribution in [0.3, 0.4) is 0 Å². The van der Waals surface area contributed by atoms with Crippen molar-refractivity contribution in [2.75, 3.05) is 0 Å². The van der Waals surface area contributed by atoms with Crippen molar-refractivity contribution in [2.45, 2.75) is 52.4 Å². The third-order valence-electron chi connectivity index (χ3n) is 4.75. The number of imidazole rings is 1. The first-order valence-corrected chi connectivity index (χ1v) is 7.81. The third-order valence-corrected chi connectivity index (χ3v) is 4.75. The van der Waals surface area contributed by atoms with Crippen LogP contribution in [0.5, 0.6) is 0 Å². The predicted octanol–water partition coefficient (Wildman–Crippen LogP) is 2.87. The second-order valence-electron chi connectivity index (χ2n) is 6.75. The van der Waals surface area contributed by atoms with Crippen molar-refractivity contribution in [1.82, 2.24) is 9.55 Å². The second-order valence-corrected chi connectivity index (χ2v) is 6.75. The van der Waals surface area contributed by atoms with Crippen LogP contribution in [0.4, 0.5) is 0 Å². The Balaban J connectivity index is 1.84. The lowest BCUT2D eigenvalue weighted by molar-refractivity contribution is 0.00578. The lowest BCUT2D eigenvalue weighted by atomic mass is 9.79.